The van der Waals surface area contributed by atoms with Gasteiger partial charge in [0.1, 0.15) is 11.5 Å². The second kappa shape index (κ2) is 10.3. The molecule has 2 aliphatic rings. The monoisotopic (exact) mass is 550 g/mol. The highest BCUT2D eigenvalue weighted by molar-refractivity contribution is 6.35. The number of hydrogen-bond acceptors (Lipinski definition) is 4. The summed E-state index contributed by atoms with van der Waals surface area (Å²) in [4.78, 5) is 43.2. The van der Waals surface area contributed by atoms with Crippen LogP contribution in [0.2, 0.25) is 0 Å². The molecule has 0 bridgehead atoms. The molecule has 0 unspecified atom stereocenters. The summed E-state index contributed by atoms with van der Waals surface area (Å²) in [5, 5.41) is 0. The molecule has 41 heavy (non-hydrogen) atoms. The van der Waals surface area contributed by atoms with Crippen molar-refractivity contribution >= 4 is 29.1 Å². The molecule has 0 atom stereocenters. The van der Waals surface area contributed by atoms with Gasteiger partial charge in [0.2, 0.25) is 0 Å². The molecule has 2 heterocycles. The fraction of sp³-hybridized carbons (Fsp3) is 0.343. The maximum Gasteiger partial charge on any atom is 0.266 e. The highest BCUT2D eigenvalue weighted by Gasteiger charge is 2.45. The molecule has 3 aromatic carbocycles. The smallest absolute Gasteiger partial charge is 0.266 e. The predicted molar refractivity (Wildman–Crippen MR) is 163 cm³/mol. The second-order valence-corrected chi connectivity index (χ2v) is 11.6. The van der Waals surface area contributed by atoms with Gasteiger partial charge in [-0.25, -0.2) is 4.90 Å². The van der Waals surface area contributed by atoms with Crippen molar-refractivity contribution < 1.29 is 19.1 Å². The van der Waals surface area contributed by atoms with E-state index in [4.69, 9.17) is 4.74 Å². The van der Waals surface area contributed by atoms with E-state index in [-0.39, 0.29) is 22.4 Å². The third-order valence-electron chi connectivity index (χ3n) is 9.54. The summed E-state index contributed by atoms with van der Waals surface area (Å²) < 4.78 is 6.04. The van der Waals surface area contributed by atoms with Gasteiger partial charge in [0.05, 0.1) is 22.4 Å². The number of ether oxygens (including phenoxy) is 1. The second-order valence-electron chi connectivity index (χ2n) is 11.6. The summed E-state index contributed by atoms with van der Waals surface area (Å²) in [6, 6.07) is 18.3. The zero-order chi connectivity index (χ0) is 29.7. The van der Waals surface area contributed by atoms with Crippen LogP contribution in [-0.2, 0) is 5.41 Å². The van der Waals surface area contributed by atoms with Crippen LogP contribution < -0.4 is 9.64 Å². The quantitative estimate of drug-likeness (QED) is 0.251. The first-order valence-corrected chi connectivity index (χ1v) is 14.5. The first-order chi connectivity index (χ1) is 19.5. The zero-order valence-corrected chi connectivity index (χ0v) is 24.8. The Balaban J connectivity index is 1.36. The number of benzene rings is 3. The lowest BCUT2D eigenvalue weighted by Gasteiger charge is -2.38. The highest BCUT2D eigenvalue weighted by Crippen LogP contribution is 2.43. The largest absolute Gasteiger partial charge is 0.457 e. The molecule has 0 fully saturated rings. The normalized spacial score (nSPS) is 15.1. The average Bonchev–Trinajstić information content (AvgIpc) is 3.40. The first-order valence-electron chi connectivity index (χ1n) is 14.5. The number of nitrogens with zero attached hydrogens (tertiary/aromatic N) is 2. The van der Waals surface area contributed by atoms with E-state index in [1.54, 1.807) is 41.3 Å². The molecule has 3 aromatic rings. The standard InChI is InChI=1S/C35H38N2O4/c1-8-34(6,9-2)23-12-16-25(17-13-23)41-26-18-14-24(15-19-26)36-31(38)29-20-27-22(5)37(35(7,10-3)11-4)33(40)28(27)21-30(29)32(36)39/h12-21H,5,8-11H2,1-4,6-7H3. The number of amides is 3. The maximum atomic E-state index is 13.5. The minimum atomic E-state index is -0.447. The highest BCUT2D eigenvalue weighted by atomic mass is 16.5. The van der Waals surface area contributed by atoms with Gasteiger partial charge >= 0.3 is 0 Å². The van der Waals surface area contributed by atoms with E-state index in [0.717, 1.165) is 30.6 Å². The number of imide groups is 1. The molecule has 5 rings (SSSR count). The third kappa shape index (κ3) is 4.46. The fourth-order valence-electron chi connectivity index (χ4n) is 5.82. The minimum absolute atomic E-state index is 0.137. The molecule has 0 saturated heterocycles. The summed E-state index contributed by atoms with van der Waals surface area (Å²) in [7, 11) is 0. The summed E-state index contributed by atoms with van der Waals surface area (Å²) >= 11 is 0. The van der Waals surface area contributed by atoms with Gasteiger partial charge in [-0.2, -0.15) is 0 Å². The molecule has 212 valence electrons. The molecular formula is C35H38N2O4. The van der Waals surface area contributed by atoms with Crippen molar-refractivity contribution in [3.8, 4) is 11.5 Å². The van der Waals surface area contributed by atoms with Crippen molar-refractivity contribution in [2.45, 2.75) is 78.2 Å². The van der Waals surface area contributed by atoms with Crippen molar-refractivity contribution in [2.75, 3.05) is 4.90 Å². The van der Waals surface area contributed by atoms with Gasteiger partial charge in [-0.1, -0.05) is 53.3 Å². The Morgan fingerprint density at radius 3 is 1.61 bits per heavy atom. The van der Waals surface area contributed by atoms with E-state index in [1.807, 2.05) is 32.9 Å². The Labute approximate surface area is 242 Å². The van der Waals surface area contributed by atoms with Gasteiger partial charge in [0.25, 0.3) is 17.7 Å². The first kappa shape index (κ1) is 28.3. The van der Waals surface area contributed by atoms with E-state index in [1.165, 1.54) is 5.56 Å². The SMILES string of the molecule is C=C1c2cc3c(cc2C(=O)N1C(C)(CC)CC)C(=O)N(c1ccc(Oc2ccc(C(C)(CC)CC)cc2)cc1)C3=O. The lowest BCUT2D eigenvalue weighted by atomic mass is 9.78. The lowest BCUT2D eigenvalue weighted by Crippen LogP contribution is -2.44. The van der Waals surface area contributed by atoms with Crippen LogP contribution >= 0.6 is 0 Å². The molecule has 0 N–H and O–H groups in total. The molecule has 3 amide bonds. The molecule has 0 aliphatic carbocycles. The Hall–Kier alpha value is -4.19. The average molecular weight is 551 g/mol. The molecule has 0 radical (unpaired) electrons. The van der Waals surface area contributed by atoms with Crippen molar-refractivity contribution in [3.05, 3.63) is 95.1 Å². The predicted octanol–water partition coefficient (Wildman–Crippen LogP) is 8.36. The van der Waals surface area contributed by atoms with Gasteiger partial charge in [-0.15, -0.1) is 0 Å². The molecule has 0 saturated carbocycles. The van der Waals surface area contributed by atoms with Crippen LogP contribution in [0.5, 0.6) is 11.5 Å². The lowest BCUT2D eigenvalue weighted by molar-refractivity contribution is 0.0690. The Kier molecular flexibility index (Phi) is 7.14. The third-order valence-corrected chi connectivity index (χ3v) is 9.54. The maximum absolute atomic E-state index is 13.5. The minimum Gasteiger partial charge on any atom is -0.457 e. The molecule has 0 aromatic heterocycles. The number of hydrogen-bond donors (Lipinski definition) is 0. The van der Waals surface area contributed by atoms with Gasteiger partial charge < -0.3 is 9.64 Å². The van der Waals surface area contributed by atoms with E-state index in [9.17, 15) is 14.4 Å². The zero-order valence-electron chi connectivity index (χ0n) is 24.8. The summed E-state index contributed by atoms with van der Waals surface area (Å²) in [5.74, 6) is 0.272. The van der Waals surface area contributed by atoms with Crippen molar-refractivity contribution in [2.24, 2.45) is 0 Å². The topological polar surface area (TPSA) is 66.9 Å². The van der Waals surface area contributed by atoms with Crippen LogP contribution in [0.25, 0.3) is 5.70 Å². The Bertz CT molecular complexity index is 1490. The Morgan fingerprint density at radius 2 is 1.12 bits per heavy atom. The number of carbonyl (C=O) groups excluding carboxylic acids is 3. The van der Waals surface area contributed by atoms with E-state index in [2.05, 4.69) is 39.5 Å². The molecule has 0 spiro atoms. The van der Waals surface area contributed by atoms with Gasteiger partial charge in [0, 0.05) is 16.8 Å². The number of carbonyl (C=O) groups is 3. The van der Waals surface area contributed by atoms with Crippen LogP contribution in [-0.4, -0.2) is 28.2 Å². The summed E-state index contributed by atoms with van der Waals surface area (Å²) in [6.45, 7) is 17.0. The number of fused-ring (bicyclic) bond motifs is 2. The number of anilines is 1. The summed E-state index contributed by atoms with van der Waals surface area (Å²) in [5.41, 5.74) is 3.58. The van der Waals surface area contributed by atoms with Crippen LogP contribution in [0.4, 0.5) is 5.69 Å². The van der Waals surface area contributed by atoms with Gasteiger partial charge in [0.15, 0.2) is 0 Å². The Morgan fingerprint density at radius 1 is 0.659 bits per heavy atom. The van der Waals surface area contributed by atoms with Crippen LogP contribution in [0.15, 0.2) is 67.2 Å². The summed E-state index contributed by atoms with van der Waals surface area (Å²) in [6.07, 6.45) is 3.64. The molecular weight excluding hydrogens is 512 g/mol. The van der Waals surface area contributed by atoms with Crippen LogP contribution in [0.1, 0.15) is 109 Å². The van der Waals surface area contributed by atoms with E-state index < -0.39 is 17.4 Å². The molecule has 2 aliphatic heterocycles. The molecule has 6 nitrogen and oxygen atoms in total. The van der Waals surface area contributed by atoms with E-state index in [0.29, 0.717) is 34.0 Å². The van der Waals surface area contributed by atoms with Crippen molar-refractivity contribution in [1.29, 1.82) is 0 Å². The van der Waals surface area contributed by atoms with Gasteiger partial charge in [-0.3, -0.25) is 14.4 Å². The van der Waals surface area contributed by atoms with Crippen LogP contribution in [0, 0.1) is 0 Å². The van der Waals surface area contributed by atoms with Gasteiger partial charge in [-0.05, 0) is 92.1 Å². The van der Waals surface area contributed by atoms with Crippen molar-refractivity contribution in [1.82, 2.24) is 4.90 Å². The fourth-order valence-corrected chi connectivity index (χ4v) is 5.82. The van der Waals surface area contributed by atoms with E-state index >= 15 is 0 Å². The van der Waals surface area contributed by atoms with Crippen LogP contribution in [0.3, 0.4) is 0 Å². The van der Waals surface area contributed by atoms with Crippen molar-refractivity contribution in [3.63, 3.8) is 0 Å². The molecule has 6 heteroatoms. The number of rotatable bonds is 9.